The second kappa shape index (κ2) is 5.37. The summed E-state index contributed by atoms with van der Waals surface area (Å²) in [5.41, 5.74) is 2.13. The molecule has 3 heteroatoms. The van der Waals surface area contributed by atoms with Gasteiger partial charge < -0.3 is 5.32 Å². The van der Waals surface area contributed by atoms with Crippen LogP contribution in [0.3, 0.4) is 0 Å². The number of hydrogen-bond acceptors (Lipinski definition) is 2. The Morgan fingerprint density at radius 2 is 2.33 bits per heavy atom. The highest BCUT2D eigenvalue weighted by atomic mass is 19.1. The van der Waals surface area contributed by atoms with E-state index in [1.54, 1.807) is 6.07 Å². The average molecular weight is 248 g/mol. The molecule has 1 aromatic carbocycles. The number of rotatable bonds is 2. The first kappa shape index (κ1) is 12.1. The maximum absolute atomic E-state index is 13.8. The molecule has 3 rings (SSSR count). The SMILES string of the molecule is Fc1cccc2c1CN(CC1CCCNC1)CC2. The Bertz CT molecular complexity index is 413. The van der Waals surface area contributed by atoms with Crippen molar-refractivity contribution in [1.29, 1.82) is 0 Å². The van der Waals surface area contributed by atoms with Gasteiger partial charge in [0.25, 0.3) is 0 Å². The van der Waals surface area contributed by atoms with Crippen molar-refractivity contribution in [1.82, 2.24) is 10.2 Å². The number of piperidine rings is 1. The maximum atomic E-state index is 13.8. The monoisotopic (exact) mass is 248 g/mol. The third-order valence-electron chi connectivity index (χ3n) is 4.21. The standard InChI is InChI=1S/C15H21FN2/c16-15-5-1-4-13-6-8-18(11-14(13)15)10-12-3-2-7-17-9-12/h1,4-5,12,17H,2-3,6-11H2. The summed E-state index contributed by atoms with van der Waals surface area (Å²) in [6, 6.07) is 5.48. The zero-order valence-electron chi connectivity index (χ0n) is 10.8. The lowest BCUT2D eigenvalue weighted by atomic mass is 9.95. The molecule has 1 aromatic rings. The van der Waals surface area contributed by atoms with Crippen LogP contribution in [-0.2, 0) is 13.0 Å². The quantitative estimate of drug-likeness (QED) is 0.863. The molecule has 1 N–H and O–H groups in total. The van der Waals surface area contributed by atoms with Crippen LogP contribution in [0.25, 0.3) is 0 Å². The number of fused-ring (bicyclic) bond motifs is 1. The van der Waals surface area contributed by atoms with E-state index in [0.29, 0.717) is 0 Å². The molecule has 1 unspecified atom stereocenters. The van der Waals surface area contributed by atoms with Gasteiger partial charge in [0.15, 0.2) is 0 Å². The Kier molecular flexibility index (Phi) is 3.62. The molecule has 98 valence electrons. The average Bonchev–Trinajstić information content (AvgIpc) is 2.41. The van der Waals surface area contributed by atoms with E-state index in [0.717, 1.165) is 50.6 Å². The normalized spacial score (nSPS) is 24.8. The Morgan fingerprint density at radius 1 is 1.39 bits per heavy atom. The topological polar surface area (TPSA) is 15.3 Å². The van der Waals surface area contributed by atoms with Gasteiger partial charge in [-0.3, -0.25) is 4.90 Å². The van der Waals surface area contributed by atoms with Crippen LogP contribution in [0, 0.1) is 11.7 Å². The van der Waals surface area contributed by atoms with Crippen molar-refractivity contribution < 1.29 is 4.39 Å². The summed E-state index contributed by atoms with van der Waals surface area (Å²) < 4.78 is 13.8. The Labute approximate surface area is 108 Å². The lowest BCUT2D eigenvalue weighted by Gasteiger charge is -2.33. The van der Waals surface area contributed by atoms with Crippen LogP contribution < -0.4 is 5.32 Å². The number of hydrogen-bond donors (Lipinski definition) is 1. The van der Waals surface area contributed by atoms with E-state index in [4.69, 9.17) is 0 Å². The lowest BCUT2D eigenvalue weighted by molar-refractivity contribution is 0.191. The molecule has 0 aliphatic carbocycles. The molecule has 0 bridgehead atoms. The van der Waals surface area contributed by atoms with E-state index in [-0.39, 0.29) is 5.82 Å². The summed E-state index contributed by atoms with van der Waals surface area (Å²) in [6.45, 7) is 5.26. The van der Waals surface area contributed by atoms with Crippen LogP contribution in [0.4, 0.5) is 4.39 Å². The second-order valence-corrected chi connectivity index (χ2v) is 5.58. The van der Waals surface area contributed by atoms with E-state index in [9.17, 15) is 4.39 Å². The van der Waals surface area contributed by atoms with Gasteiger partial charge in [-0.1, -0.05) is 12.1 Å². The van der Waals surface area contributed by atoms with Crippen molar-refractivity contribution in [2.75, 3.05) is 26.2 Å². The van der Waals surface area contributed by atoms with E-state index in [2.05, 4.69) is 16.3 Å². The van der Waals surface area contributed by atoms with Gasteiger partial charge in [-0.15, -0.1) is 0 Å². The van der Waals surface area contributed by atoms with Crippen LogP contribution in [0.15, 0.2) is 18.2 Å². The first-order valence-corrected chi connectivity index (χ1v) is 7.02. The largest absolute Gasteiger partial charge is 0.316 e. The summed E-state index contributed by atoms with van der Waals surface area (Å²) in [7, 11) is 0. The molecular weight excluding hydrogens is 227 g/mol. The number of nitrogens with one attached hydrogen (secondary N) is 1. The molecule has 2 aliphatic heterocycles. The summed E-state index contributed by atoms with van der Waals surface area (Å²) in [5.74, 6) is 0.714. The molecular formula is C15H21FN2. The van der Waals surface area contributed by atoms with Crippen molar-refractivity contribution in [3.8, 4) is 0 Å². The molecule has 18 heavy (non-hydrogen) atoms. The van der Waals surface area contributed by atoms with Gasteiger partial charge in [0.2, 0.25) is 0 Å². The van der Waals surface area contributed by atoms with Crippen LogP contribution >= 0.6 is 0 Å². The molecule has 1 saturated heterocycles. The van der Waals surface area contributed by atoms with Gasteiger partial charge in [-0.25, -0.2) is 4.39 Å². The van der Waals surface area contributed by atoms with Crippen molar-refractivity contribution >= 4 is 0 Å². The number of nitrogens with zero attached hydrogens (tertiary/aromatic N) is 1. The van der Waals surface area contributed by atoms with Gasteiger partial charge in [0, 0.05) is 25.2 Å². The number of halogens is 1. The minimum atomic E-state index is -0.0287. The fraction of sp³-hybridized carbons (Fsp3) is 0.600. The molecule has 1 atom stereocenters. The Morgan fingerprint density at radius 3 is 3.17 bits per heavy atom. The summed E-state index contributed by atoms with van der Waals surface area (Å²) in [6.07, 6.45) is 3.59. The summed E-state index contributed by atoms with van der Waals surface area (Å²) >= 11 is 0. The molecule has 0 saturated carbocycles. The van der Waals surface area contributed by atoms with Crippen molar-refractivity contribution in [2.24, 2.45) is 5.92 Å². The lowest BCUT2D eigenvalue weighted by Crippen LogP contribution is -2.40. The molecule has 0 spiro atoms. The molecule has 2 heterocycles. The zero-order chi connectivity index (χ0) is 12.4. The Balaban J connectivity index is 1.65. The highest BCUT2D eigenvalue weighted by Crippen LogP contribution is 2.23. The van der Waals surface area contributed by atoms with Crippen LogP contribution in [0.5, 0.6) is 0 Å². The number of benzene rings is 1. The second-order valence-electron chi connectivity index (χ2n) is 5.58. The minimum Gasteiger partial charge on any atom is -0.316 e. The minimum absolute atomic E-state index is 0.0287. The molecule has 2 aliphatic rings. The highest BCUT2D eigenvalue weighted by Gasteiger charge is 2.22. The summed E-state index contributed by atoms with van der Waals surface area (Å²) in [4.78, 5) is 2.42. The molecule has 0 radical (unpaired) electrons. The predicted octanol–water partition coefficient (Wildman–Crippen LogP) is 2.18. The molecule has 1 fully saturated rings. The van der Waals surface area contributed by atoms with Gasteiger partial charge >= 0.3 is 0 Å². The molecule has 0 aromatic heterocycles. The van der Waals surface area contributed by atoms with E-state index >= 15 is 0 Å². The fourth-order valence-electron chi connectivity index (χ4n) is 3.20. The third kappa shape index (κ3) is 2.57. The first-order chi connectivity index (χ1) is 8.83. The van der Waals surface area contributed by atoms with E-state index in [1.165, 1.54) is 18.4 Å². The molecule has 2 nitrogen and oxygen atoms in total. The van der Waals surface area contributed by atoms with Crippen molar-refractivity contribution in [3.63, 3.8) is 0 Å². The Hall–Kier alpha value is -0.930. The van der Waals surface area contributed by atoms with Crippen molar-refractivity contribution in [3.05, 3.63) is 35.1 Å². The summed E-state index contributed by atoms with van der Waals surface area (Å²) in [5, 5.41) is 3.45. The maximum Gasteiger partial charge on any atom is 0.127 e. The fourth-order valence-corrected chi connectivity index (χ4v) is 3.20. The van der Waals surface area contributed by atoms with Crippen LogP contribution in [0.2, 0.25) is 0 Å². The first-order valence-electron chi connectivity index (χ1n) is 7.02. The van der Waals surface area contributed by atoms with Crippen LogP contribution in [0.1, 0.15) is 24.0 Å². The highest BCUT2D eigenvalue weighted by molar-refractivity contribution is 5.30. The van der Waals surface area contributed by atoms with E-state index < -0.39 is 0 Å². The van der Waals surface area contributed by atoms with Crippen molar-refractivity contribution in [2.45, 2.75) is 25.8 Å². The van der Waals surface area contributed by atoms with Crippen LogP contribution in [-0.4, -0.2) is 31.1 Å². The third-order valence-corrected chi connectivity index (χ3v) is 4.21. The molecule has 0 amide bonds. The zero-order valence-corrected chi connectivity index (χ0v) is 10.8. The van der Waals surface area contributed by atoms with Gasteiger partial charge in [0.1, 0.15) is 5.82 Å². The van der Waals surface area contributed by atoms with Gasteiger partial charge in [-0.05, 0) is 49.9 Å². The van der Waals surface area contributed by atoms with E-state index in [1.807, 2.05) is 6.07 Å². The predicted molar refractivity (Wildman–Crippen MR) is 71.0 cm³/mol. The van der Waals surface area contributed by atoms with Gasteiger partial charge in [0.05, 0.1) is 0 Å². The smallest absolute Gasteiger partial charge is 0.127 e. The van der Waals surface area contributed by atoms with Gasteiger partial charge in [-0.2, -0.15) is 0 Å².